The van der Waals surface area contributed by atoms with Crippen molar-refractivity contribution >= 4 is 33.5 Å². The zero-order valence-corrected chi connectivity index (χ0v) is 11.5. The van der Waals surface area contributed by atoms with Gasteiger partial charge in [0.05, 0.1) is 12.8 Å². The summed E-state index contributed by atoms with van der Waals surface area (Å²) >= 11 is 3.31. The van der Waals surface area contributed by atoms with Gasteiger partial charge in [-0.15, -0.1) is 0 Å². The first-order valence-corrected chi connectivity index (χ1v) is 5.83. The standard InChI is InChI=1S/C12H14BrNO3/c1-12(2,11(16)17-3)10(15)14-9-7-5-4-6-8(9)13/h4-7H,1-3H3,(H,14,15). The number of methoxy groups -OCH3 is 1. The van der Waals surface area contributed by atoms with Crippen molar-refractivity contribution in [3.05, 3.63) is 28.7 Å². The van der Waals surface area contributed by atoms with Crippen molar-refractivity contribution in [2.45, 2.75) is 13.8 Å². The first-order chi connectivity index (χ1) is 7.89. The number of benzene rings is 1. The summed E-state index contributed by atoms with van der Waals surface area (Å²) in [6.07, 6.45) is 0. The molecule has 0 aliphatic carbocycles. The van der Waals surface area contributed by atoms with Gasteiger partial charge in [0.25, 0.3) is 0 Å². The van der Waals surface area contributed by atoms with Gasteiger partial charge in [0.1, 0.15) is 5.41 Å². The number of hydrogen-bond donors (Lipinski definition) is 1. The largest absolute Gasteiger partial charge is 0.468 e. The molecule has 0 radical (unpaired) electrons. The molecule has 0 spiro atoms. The summed E-state index contributed by atoms with van der Waals surface area (Å²) < 4.78 is 5.35. The molecule has 0 bridgehead atoms. The van der Waals surface area contributed by atoms with Crippen LogP contribution in [-0.2, 0) is 14.3 Å². The van der Waals surface area contributed by atoms with Crippen molar-refractivity contribution in [3.8, 4) is 0 Å². The SMILES string of the molecule is COC(=O)C(C)(C)C(=O)Nc1ccccc1Br. The fourth-order valence-electron chi connectivity index (χ4n) is 1.19. The monoisotopic (exact) mass is 299 g/mol. The highest BCUT2D eigenvalue weighted by Gasteiger charge is 2.37. The summed E-state index contributed by atoms with van der Waals surface area (Å²) in [6, 6.07) is 7.19. The third kappa shape index (κ3) is 3.06. The number of halogens is 1. The lowest BCUT2D eigenvalue weighted by molar-refractivity contribution is -0.154. The Morgan fingerprint density at radius 1 is 1.29 bits per heavy atom. The molecular weight excluding hydrogens is 286 g/mol. The maximum Gasteiger partial charge on any atom is 0.320 e. The van der Waals surface area contributed by atoms with E-state index >= 15 is 0 Å². The molecule has 1 rings (SSSR count). The van der Waals surface area contributed by atoms with Crippen molar-refractivity contribution in [1.29, 1.82) is 0 Å². The van der Waals surface area contributed by atoms with Gasteiger partial charge in [0.2, 0.25) is 5.91 Å². The minimum atomic E-state index is -1.22. The van der Waals surface area contributed by atoms with E-state index in [0.29, 0.717) is 5.69 Å². The van der Waals surface area contributed by atoms with Gasteiger partial charge in [-0.05, 0) is 41.9 Å². The Balaban J connectivity index is 2.87. The lowest BCUT2D eigenvalue weighted by Crippen LogP contribution is -2.38. The van der Waals surface area contributed by atoms with Crippen molar-refractivity contribution in [1.82, 2.24) is 0 Å². The fraction of sp³-hybridized carbons (Fsp3) is 0.333. The lowest BCUT2D eigenvalue weighted by Gasteiger charge is -2.20. The molecule has 5 heteroatoms. The summed E-state index contributed by atoms with van der Waals surface area (Å²) in [5.41, 5.74) is -0.598. The Hall–Kier alpha value is -1.36. The zero-order chi connectivity index (χ0) is 13.1. The van der Waals surface area contributed by atoms with Crippen molar-refractivity contribution in [2.24, 2.45) is 5.41 Å². The molecule has 0 atom stereocenters. The predicted molar refractivity (Wildman–Crippen MR) is 68.6 cm³/mol. The average Bonchev–Trinajstić information content (AvgIpc) is 2.30. The Kier molecular flexibility index (Phi) is 4.28. The summed E-state index contributed by atoms with van der Waals surface area (Å²) in [5.74, 6) is -0.974. The van der Waals surface area contributed by atoms with Crippen molar-refractivity contribution < 1.29 is 14.3 Å². The number of carbonyl (C=O) groups is 2. The van der Waals surface area contributed by atoms with E-state index in [-0.39, 0.29) is 0 Å². The number of esters is 1. The zero-order valence-electron chi connectivity index (χ0n) is 9.91. The molecule has 0 aliphatic heterocycles. The number of carbonyl (C=O) groups excluding carboxylic acids is 2. The number of nitrogens with one attached hydrogen (secondary N) is 1. The first-order valence-electron chi connectivity index (χ1n) is 5.04. The molecule has 1 amide bonds. The van der Waals surface area contributed by atoms with Gasteiger partial charge in [-0.2, -0.15) is 0 Å². The van der Waals surface area contributed by atoms with Crippen LogP contribution in [0.15, 0.2) is 28.7 Å². The third-order valence-corrected chi connectivity index (χ3v) is 3.08. The topological polar surface area (TPSA) is 55.4 Å². The number of ether oxygens (including phenoxy) is 1. The van der Waals surface area contributed by atoms with E-state index in [4.69, 9.17) is 0 Å². The maximum absolute atomic E-state index is 12.0. The second-order valence-electron chi connectivity index (χ2n) is 4.05. The fourth-order valence-corrected chi connectivity index (χ4v) is 1.57. The molecule has 0 fully saturated rings. The molecule has 0 heterocycles. The minimum Gasteiger partial charge on any atom is -0.468 e. The first kappa shape index (κ1) is 13.7. The number of anilines is 1. The molecule has 1 aromatic rings. The van der Waals surface area contributed by atoms with Crippen LogP contribution in [0.4, 0.5) is 5.69 Å². The van der Waals surface area contributed by atoms with Gasteiger partial charge in [-0.3, -0.25) is 9.59 Å². The van der Waals surface area contributed by atoms with Gasteiger partial charge in [-0.25, -0.2) is 0 Å². The van der Waals surface area contributed by atoms with E-state index in [2.05, 4.69) is 26.0 Å². The molecule has 1 N–H and O–H groups in total. The van der Waals surface area contributed by atoms with Crippen LogP contribution in [0.25, 0.3) is 0 Å². The van der Waals surface area contributed by atoms with Crippen LogP contribution in [0.3, 0.4) is 0 Å². The van der Waals surface area contributed by atoms with E-state index in [1.165, 1.54) is 21.0 Å². The molecule has 92 valence electrons. The number of amides is 1. The van der Waals surface area contributed by atoms with E-state index in [9.17, 15) is 9.59 Å². The molecule has 0 saturated carbocycles. The second-order valence-corrected chi connectivity index (χ2v) is 4.90. The molecule has 4 nitrogen and oxygen atoms in total. The molecule has 0 saturated heterocycles. The normalized spacial score (nSPS) is 10.8. The predicted octanol–water partition coefficient (Wildman–Crippen LogP) is 2.59. The van der Waals surface area contributed by atoms with Crippen molar-refractivity contribution in [2.75, 3.05) is 12.4 Å². The molecular formula is C12H14BrNO3. The highest BCUT2D eigenvalue weighted by Crippen LogP contribution is 2.25. The second kappa shape index (κ2) is 5.31. The molecule has 0 aromatic heterocycles. The Labute approximate surface area is 108 Å². The van der Waals surface area contributed by atoms with Gasteiger partial charge < -0.3 is 10.1 Å². The van der Waals surface area contributed by atoms with Crippen LogP contribution in [0.2, 0.25) is 0 Å². The minimum absolute atomic E-state index is 0.406. The Bertz CT molecular complexity index is 443. The molecule has 0 aliphatic rings. The smallest absolute Gasteiger partial charge is 0.320 e. The van der Waals surface area contributed by atoms with Crippen LogP contribution >= 0.6 is 15.9 Å². The highest BCUT2D eigenvalue weighted by molar-refractivity contribution is 9.10. The summed E-state index contributed by atoms with van der Waals surface area (Å²) in [5, 5.41) is 2.68. The quantitative estimate of drug-likeness (QED) is 0.689. The Morgan fingerprint density at radius 2 is 1.88 bits per heavy atom. The molecule has 0 unspecified atom stereocenters. The van der Waals surface area contributed by atoms with Crippen LogP contribution in [0.1, 0.15) is 13.8 Å². The number of hydrogen-bond acceptors (Lipinski definition) is 3. The molecule has 17 heavy (non-hydrogen) atoms. The Morgan fingerprint density at radius 3 is 2.41 bits per heavy atom. The van der Waals surface area contributed by atoms with Crippen LogP contribution in [0, 0.1) is 5.41 Å². The third-order valence-electron chi connectivity index (χ3n) is 2.39. The average molecular weight is 300 g/mol. The summed E-state index contributed by atoms with van der Waals surface area (Å²) in [4.78, 5) is 23.4. The van der Waals surface area contributed by atoms with Crippen LogP contribution in [0.5, 0.6) is 0 Å². The molecule has 1 aromatic carbocycles. The van der Waals surface area contributed by atoms with E-state index in [1.54, 1.807) is 18.2 Å². The number of para-hydroxylation sites is 1. The van der Waals surface area contributed by atoms with Gasteiger partial charge in [0.15, 0.2) is 0 Å². The van der Waals surface area contributed by atoms with Crippen molar-refractivity contribution in [3.63, 3.8) is 0 Å². The van der Waals surface area contributed by atoms with E-state index < -0.39 is 17.3 Å². The summed E-state index contributed by atoms with van der Waals surface area (Å²) in [6.45, 7) is 3.04. The lowest BCUT2D eigenvalue weighted by atomic mass is 9.92. The van der Waals surface area contributed by atoms with E-state index in [1.807, 2.05) is 6.07 Å². The number of rotatable bonds is 3. The van der Waals surface area contributed by atoms with Gasteiger partial charge >= 0.3 is 5.97 Å². The maximum atomic E-state index is 12.0. The highest BCUT2D eigenvalue weighted by atomic mass is 79.9. The van der Waals surface area contributed by atoms with Gasteiger partial charge in [-0.1, -0.05) is 12.1 Å². The van der Waals surface area contributed by atoms with E-state index in [0.717, 1.165) is 4.47 Å². The van der Waals surface area contributed by atoms with Crippen LogP contribution in [-0.4, -0.2) is 19.0 Å². The summed E-state index contributed by atoms with van der Waals surface area (Å²) in [7, 11) is 1.26. The van der Waals surface area contributed by atoms with Gasteiger partial charge in [0, 0.05) is 4.47 Å². The van der Waals surface area contributed by atoms with Crippen LogP contribution < -0.4 is 5.32 Å².